The van der Waals surface area contributed by atoms with Crippen LogP contribution in [0.25, 0.3) is 0 Å². The second-order valence-electron chi connectivity index (χ2n) is 2.43. The summed E-state index contributed by atoms with van der Waals surface area (Å²) < 4.78 is 24.6. The van der Waals surface area contributed by atoms with Gasteiger partial charge in [-0.15, -0.1) is 0 Å². The Bertz CT molecular complexity index is 412. The molecule has 4 nitrogen and oxygen atoms in total. The molecule has 0 aliphatic rings. The zero-order valence-electron chi connectivity index (χ0n) is 6.87. The topological polar surface area (TPSA) is 79.8 Å². The van der Waals surface area contributed by atoms with Crippen molar-refractivity contribution in [3.8, 4) is 6.07 Å². The fourth-order valence-corrected chi connectivity index (χ4v) is 0.914. The van der Waals surface area contributed by atoms with E-state index in [1.165, 1.54) is 0 Å². The summed E-state index contributed by atoms with van der Waals surface area (Å²) in [6.45, 7) is 0. The highest BCUT2D eigenvalue weighted by atomic mass is 19.3. The maximum absolute atomic E-state index is 12.3. The number of pyridine rings is 1. The predicted octanol–water partition coefficient (Wildman–Crippen LogP) is 0.990. The third kappa shape index (κ3) is 1.82. The van der Waals surface area contributed by atoms with Crippen LogP contribution in [-0.4, -0.2) is 10.9 Å². The van der Waals surface area contributed by atoms with Crippen LogP contribution in [0.3, 0.4) is 0 Å². The fourth-order valence-electron chi connectivity index (χ4n) is 0.914. The molecule has 0 aliphatic heterocycles. The molecule has 1 rings (SSSR count). The summed E-state index contributed by atoms with van der Waals surface area (Å²) in [7, 11) is 0. The third-order valence-electron chi connectivity index (χ3n) is 1.55. The Labute approximate surface area is 78.0 Å². The summed E-state index contributed by atoms with van der Waals surface area (Å²) in [6, 6.07) is 2.57. The molecular weight excluding hydrogens is 192 g/mol. The molecule has 0 saturated carbocycles. The first-order valence-corrected chi connectivity index (χ1v) is 3.54. The summed E-state index contributed by atoms with van der Waals surface area (Å²) in [5.41, 5.74) is 3.82. The van der Waals surface area contributed by atoms with E-state index in [-0.39, 0.29) is 11.3 Å². The van der Waals surface area contributed by atoms with Gasteiger partial charge in [0.15, 0.2) is 0 Å². The van der Waals surface area contributed by atoms with Crippen molar-refractivity contribution in [3.63, 3.8) is 0 Å². The number of carbonyl (C=O) groups is 1. The van der Waals surface area contributed by atoms with Gasteiger partial charge in [-0.2, -0.15) is 5.26 Å². The Balaban J connectivity index is 3.33. The van der Waals surface area contributed by atoms with Crippen molar-refractivity contribution in [3.05, 3.63) is 29.1 Å². The van der Waals surface area contributed by atoms with E-state index < -0.39 is 17.9 Å². The quantitative estimate of drug-likeness (QED) is 0.767. The maximum atomic E-state index is 12.3. The molecule has 2 N–H and O–H groups in total. The SMILES string of the molecule is N#Cc1cc(C(N)=O)c(C(F)F)cn1. The van der Waals surface area contributed by atoms with Gasteiger partial charge in [-0.05, 0) is 6.07 Å². The number of halogens is 2. The summed E-state index contributed by atoms with van der Waals surface area (Å²) in [6.07, 6.45) is -2.05. The molecule has 1 aromatic heterocycles. The van der Waals surface area contributed by atoms with Crippen LogP contribution in [0.1, 0.15) is 28.0 Å². The summed E-state index contributed by atoms with van der Waals surface area (Å²) in [4.78, 5) is 14.2. The zero-order chi connectivity index (χ0) is 10.7. The number of hydrogen-bond acceptors (Lipinski definition) is 3. The third-order valence-corrected chi connectivity index (χ3v) is 1.55. The molecule has 0 unspecified atom stereocenters. The monoisotopic (exact) mass is 197 g/mol. The second-order valence-corrected chi connectivity index (χ2v) is 2.43. The first-order chi connectivity index (χ1) is 6.56. The van der Waals surface area contributed by atoms with Gasteiger partial charge in [0.2, 0.25) is 5.91 Å². The molecule has 0 aliphatic carbocycles. The standard InChI is InChI=1S/C8H5F2N3O/c9-7(10)6-3-13-4(2-11)1-5(6)8(12)14/h1,3,7H,(H2,12,14). The van der Waals surface area contributed by atoms with Crippen LogP contribution in [0.5, 0.6) is 0 Å². The van der Waals surface area contributed by atoms with Gasteiger partial charge in [0, 0.05) is 11.8 Å². The lowest BCUT2D eigenvalue weighted by atomic mass is 10.1. The van der Waals surface area contributed by atoms with E-state index in [0.29, 0.717) is 0 Å². The van der Waals surface area contributed by atoms with Crippen LogP contribution in [0, 0.1) is 11.3 Å². The molecule has 0 radical (unpaired) electrons. The van der Waals surface area contributed by atoms with Crippen LogP contribution in [0.15, 0.2) is 12.3 Å². The number of carbonyl (C=O) groups excluding carboxylic acids is 1. The van der Waals surface area contributed by atoms with E-state index in [0.717, 1.165) is 12.3 Å². The molecule has 6 heteroatoms. The maximum Gasteiger partial charge on any atom is 0.266 e. The first-order valence-electron chi connectivity index (χ1n) is 3.54. The zero-order valence-corrected chi connectivity index (χ0v) is 6.87. The highest BCUT2D eigenvalue weighted by molar-refractivity contribution is 5.94. The van der Waals surface area contributed by atoms with Crippen molar-refractivity contribution in [2.24, 2.45) is 5.73 Å². The van der Waals surface area contributed by atoms with Gasteiger partial charge in [-0.25, -0.2) is 13.8 Å². The van der Waals surface area contributed by atoms with Crippen molar-refractivity contribution < 1.29 is 13.6 Å². The lowest BCUT2D eigenvalue weighted by Gasteiger charge is -2.04. The minimum atomic E-state index is -2.84. The fraction of sp³-hybridized carbons (Fsp3) is 0.125. The van der Waals surface area contributed by atoms with E-state index in [4.69, 9.17) is 11.0 Å². The Hall–Kier alpha value is -2.03. The second kappa shape index (κ2) is 3.79. The number of aromatic nitrogens is 1. The van der Waals surface area contributed by atoms with Crippen LogP contribution < -0.4 is 5.73 Å². The molecule has 0 aromatic carbocycles. The van der Waals surface area contributed by atoms with Gasteiger partial charge >= 0.3 is 0 Å². The van der Waals surface area contributed by atoms with Gasteiger partial charge < -0.3 is 5.73 Å². The van der Waals surface area contributed by atoms with E-state index >= 15 is 0 Å². The number of nitrogens with zero attached hydrogens (tertiary/aromatic N) is 2. The van der Waals surface area contributed by atoms with Crippen LogP contribution in [0.4, 0.5) is 8.78 Å². The van der Waals surface area contributed by atoms with E-state index in [1.807, 2.05) is 0 Å². The van der Waals surface area contributed by atoms with E-state index in [2.05, 4.69) is 4.98 Å². The molecule has 0 bridgehead atoms. The predicted molar refractivity (Wildman–Crippen MR) is 42.4 cm³/mol. The summed E-state index contributed by atoms with van der Waals surface area (Å²) in [5.74, 6) is -1.00. The Morgan fingerprint density at radius 1 is 1.64 bits per heavy atom. The largest absolute Gasteiger partial charge is 0.366 e. The van der Waals surface area contributed by atoms with Gasteiger partial charge in [0.05, 0.1) is 5.56 Å². The molecule has 72 valence electrons. The number of primary amides is 1. The number of hydrogen-bond donors (Lipinski definition) is 1. The Morgan fingerprint density at radius 3 is 2.71 bits per heavy atom. The molecular formula is C8H5F2N3O. The van der Waals surface area contributed by atoms with Crippen LogP contribution in [0.2, 0.25) is 0 Å². The lowest BCUT2D eigenvalue weighted by molar-refractivity contribution is 0.0985. The van der Waals surface area contributed by atoms with Crippen LogP contribution in [-0.2, 0) is 0 Å². The Kier molecular flexibility index (Phi) is 2.72. The molecule has 0 fully saturated rings. The van der Waals surface area contributed by atoms with E-state index in [9.17, 15) is 13.6 Å². The summed E-state index contributed by atoms with van der Waals surface area (Å²) >= 11 is 0. The number of rotatable bonds is 2. The van der Waals surface area contributed by atoms with Crippen molar-refractivity contribution in [1.29, 1.82) is 5.26 Å². The Morgan fingerprint density at radius 2 is 2.29 bits per heavy atom. The average Bonchev–Trinajstić information content (AvgIpc) is 2.16. The summed E-state index contributed by atoms with van der Waals surface area (Å²) in [5, 5.41) is 8.42. The number of nitriles is 1. The first kappa shape index (κ1) is 10.1. The molecule has 1 aromatic rings. The van der Waals surface area contributed by atoms with Crippen molar-refractivity contribution in [2.75, 3.05) is 0 Å². The highest BCUT2D eigenvalue weighted by Crippen LogP contribution is 2.22. The van der Waals surface area contributed by atoms with Gasteiger partial charge in [-0.3, -0.25) is 4.79 Å². The average molecular weight is 197 g/mol. The number of nitrogens with two attached hydrogens (primary N) is 1. The smallest absolute Gasteiger partial charge is 0.266 e. The number of amides is 1. The molecule has 1 amide bonds. The minimum Gasteiger partial charge on any atom is -0.366 e. The minimum absolute atomic E-state index is 0.122. The van der Waals surface area contributed by atoms with Crippen molar-refractivity contribution >= 4 is 5.91 Å². The van der Waals surface area contributed by atoms with E-state index in [1.54, 1.807) is 6.07 Å². The van der Waals surface area contributed by atoms with Crippen LogP contribution >= 0.6 is 0 Å². The van der Waals surface area contributed by atoms with Crippen molar-refractivity contribution in [2.45, 2.75) is 6.43 Å². The molecule has 0 atom stereocenters. The molecule has 0 saturated heterocycles. The van der Waals surface area contributed by atoms with Gasteiger partial charge in [0.25, 0.3) is 6.43 Å². The lowest BCUT2D eigenvalue weighted by Crippen LogP contribution is -2.14. The molecule has 1 heterocycles. The van der Waals surface area contributed by atoms with Gasteiger partial charge in [-0.1, -0.05) is 0 Å². The number of alkyl halides is 2. The molecule has 14 heavy (non-hydrogen) atoms. The normalized spacial score (nSPS) is 9.86. The van der Waals surface area contributed by atoms with Crippen molar-refractivity contribution in [1.82, 2.24) is 4.98 Å². The highest BCUT2D eigenvalue weighted by Gasteiger charge is 2.17. The molecule has 0 spiro atoms. The van der Waals surface area contributed by atoms with Gasteiger partial charge in [0.1, 0.15) is 11.8 Å².